The lowest BCUT2D eigenvalue weighted by Crippen LogP contribution is -2.47. The molecule has 33 heavy (non-hydrogen) atoms. The van der Waals surface area contributed by atoms with E-state index in [-0.39, 0.29) is 0 Å². The minimum atomic E-state index is 0.752. The van der Waals surface area contributed by atoms with Gasteiger partial charge in [-0.3, -0.25) is 5.10 Å². The van der Waals surface area contributed by atoms with Crippen molar-refractivity contribution in [2.24, 2.45) is 0 Å². The van der Waals surface area contributed by atoms with Crippen LogP contribution in [0, 0.1) is 6.92 Å². The fourth-order valence-electron chi connectivity index (χ4n) is 4.87. The molecule has 3 aromatic rings. The number of anilines is 3. The van der Waals surface area contributed by atoms with Gasteiger partial charge in [0, 0.05) is 62.8 Å². The maximum Gasteiger partial charge on any atom is 0.161 e. The smallest absolute Gasteiger partial charge is 0.161 e. The van der Waals surface area contributed by atoms with Crippen LogP contribution in [0.1, 0.15) is 18.4 Å². The van der Waals surface area contributed by atoms with Crippen LogP contribution >= 0.6 is 15.9 Å². The number of benzene rings is 1. The monoisotopic (exact) mass is 514 g/mol. The van der Waals surface area contributed by atoms with E-state index in [4.69, 9.17) is 4.74 Å². The zero-order chi connectivity index (χ0) is 22.8. The van der Waals surface area contributed by atoms with E-state index in [9.17, 15) is 0 Å². The summed E-state index contributed by atoms with van der Waals surface area (Å²) in [6, 6.07) is 4.28. The molecule has 1 aromatic carbocycles. The third kappa shape index (κ3) is 4.59. The first-order chi connectivity index (χ1) is 16.1. The average Bonchev–Trinajstić information content (AvgIpc) is 3.50. The number of halogens is 1. The van der Waals surface area contributed by atoms with Gasteiger partial charge in [0.05, 0.1) is 12.5 Å². The van der Waals surface area contributed by atoms with Crippen molar-refractivity contribution in [3.63, 3.8) is 0 Å². The van der Waals surface area contributed by atoms with Gasteiger partial charge in [0.2, 0.25) is 0 Å². The third-order valence-corrected chi connectivity index (χ3v) is 7.32. The van der Waals surface area contributed by atoms with Gasteiger partial charge in [-0.05, 0) is 54.3 Å². The molecule has 2 aliphatic heterocycles. The molecular weight excluding hydrogens is 484 g/mol. The SMILES string of the molecule is COc1cc(NCCN2CCCC2)c(C)c(N2CCN(c3ncnc4[nH]nc(Br)c34)CC2)c1. The number of rotatable bonds is 7. The first-order valence-corrected chi connectivity index (χ1v) is 12.4. The van der Waals surface area contributed by atoms with E-state index < -0.39 is 0 Å². The number of hydrogen-bond acceptors (Lipinski definition) is 8. The van der Waals surface area contributed by atoms with Crippen molar-refractivity contribution in [2.45, 2.75) is 19.8 Å². The second-order valence-electron chi connectivity index (χ2n) is 8.70. The molecule has 0 amide bonds. The van der Waals surface area contributed by atoms with Gasteiger partial charge in [0.1, 0.15) is 22.5 Å². The number of nitrogens with zero attached hydrogens (tertiary/aromatic N) is 6. The normalized spacial score (nSPS) is 17.2. The molecule has 0 unspecified atom stereocenters. The number of H-pyrrole nitrogens is 1. The van der Waals surface area contributed by atoms with Gasteiger partial charge in [0.15, 0.2) is 5.65 Å². The van der Waals surface area contributed by atoms with Crippen LogP contribution in [0.3, 0.4) is 0 Å². The Labute approximate surface area is 202 Å². The first-order valence-electron chi connectivity index (χ1n) is 11.6. The van der Waals surface area contributed by atoms with Gasteiger partial charge in [-0.1, -0.05) is 0 Å². The summed E-state index contributed by atoms with van der Waals surface area (Å²) in [5.74, 6) is 1.81. The van der Waals surface area contributed by atoms with Gasteiger partial charge in [-0.25, -0.2) is 9.97 Å². The van der Waals surface area contributed by atoms with Gasteiger partial charge < -0.3 is 24.8 Å². The molecule has 9 nitrogen and oxygen atoms in total. The minimum Gasteiger partial charge on any atom is -0.497 e. The maximum atomic E-state index is 5.64. The standard InChI is InChI=1S/C23H31BrN8O/c1-16-18(25-5-8-30-6-3-4-7-30)13-17(33-2)14-19(16)31-9-11-32(12-10-31)23-20-21(24)28-29-22(20)26-15-27-23/h13-15,25H,3-12H2,1-2H3,(H,26,27,28,29). The van der Waals surface area contributed by atoms with Gasteiger partial charge in [-0.2, -0.15) is 5.10 Å². The summed E-state index contributed by atoms with van der Waals surface area (Å²) in [6.07, 6.45) is 4.25. The Hall–Kier alpha value is -2.59. The fraction of sp³-hybridized carbons (Fsp3) is 0.522. The highest BCUT2D eigenvalue weighted by molar-refractivity contribution is 9.10. The summed E-state index contributed by atoms with van der Waals surface area (Å²) in [7, 11) is 1.74. The predicted molar refractivity (Wildman–Crippen MR) is 136 cm³/mol. The van der Waals surface area contributed by atoms with E-state index in [1.807, 2.05) is 0 Å². The second kappa shape index (κ2) is 9.72. The van der Waals surface area contributed by atoms with Gasteiger partial charge in [-0.15, -0.1) is 0 Å². The molecular formula is C23H31BrN8O. The Morgan fingerprint density at radius 2 is 1.82 bits per heavy atom. The zero-order valence-corrected chi connectivity index (χ0v) is 20.9. The number of methoxy groups -OCH3 is 1. The molecule has 2 aromatic heterocycles. The Balaban J connectivity index is 1.29. The summed E-state index contributed by atoms with van der Waals surface area (Å²) in [4.78, 5) is 16.1. The molecule has 2 N–H and O–H groups in total. The van der Waals surface area contributed by atoms with E-state index in [1.54, 1.807) is 13.4 Å². The summed E-state index contributed by atoms with van der Waals surface area (Å²) in [6.45, 7) is 10.2. The number of fused-ring (bicyclic) bond motifs is 1. The number of aromatic amines is 1. The van der Waals surface area contributed by atoms with Crippen molar-refractivity contribution in [1.29, 1.82) is 0 Å². The lowest BCUT2D eigenvalue weighted by Gasteiger charge is -2.38. The molecule has 4 heterocycles. The topological polar surface area (TPSA) is 85.4 Å². The molecule has 0 saturated carbocycles. The lowest BCUT2D eigenvalue weighted by atomic mass is 10.1. The minimum absolute atomic E-state index is 0.752. The van der Waals surface area contributed by atoms with Crippen molar-refractivity contribution in [3.05, 3.63) is 28.6 Å². The summed E-state index contributed by atoms with van der Waals surface area (Å²) in [5.41, 5.74) is 4.41. The molecule has 176 valence electrons. The molecule has 5 rings (SSSR count). The van der Waals surface area contributed by atoms with Crippen molar-refractivity contribution in [1.82, 2.24) is 25.1 Å². The number of aromatic nitrogens is 4. The quantitative estimate of drug-likeness (QED) is 0.496. The van der Waals surface area contributed by atoms with Crippen LogP contribution in [0.15, 0.2) is 23.1 Å². The Morgan fingerprint density at radius 1 is 1.06 bits per heavy atom. The molecule has 0 bridgehead atoms. The summed E-state index contributed by atoms with van der Waals surface area (Å²) in [5, 5.41) is 11.8. The van der Waals surface area contributed by atoms with E-state index in [0.29, 0.717) is 0 Å². The van der Waals surface area contributed by atoms with Crippen LogP contribution < -0.4 is 19.9 Å². The van der Waals surface area contributed by atoms with E-state index in [1.165, 1.54) is 37.2 Å². The molecule has 0 atom stereocenters. The van der Waals surface area contributed by atoms with Crippen LogP contribution in [-0.2, 0) is 0 Å². The molecule has 0 aliphatic carbocycles. The van der Waals surface area contributed by atoms with Crippen LogP contribution in [-0.4, -0.2) is 84.5 Å². The Morgan fingerprint density at radius 3 is 2.58 bits per heavy atom. The molecule has 2 saturated heterocycles. The van der Waals surface area contributed by atoms with Crippen LogP contribution in [0.5, 0.6) is 5.75 Å². The first kappa shape index (κ1) is 22.2. The zero-order valence-electron chi connectivity index (χ0n) is 19.3. The number of ether oxygens (including phenoxy) is 1. The average molecular weight is 515 g/mol. The molecule has 2 fully saturated rings. The number of nitrogens with one attached hydrogen (secondary N) is 2. The Kier molecular flexibility index (Phi) is 6.55. The molecule has 10 heteroatoms. The number of hydrogen-bond donors (Lipinski definition) is 2. The van der Waals surface area contributed by atoms with Gasteiger partial charge >= 0.3 is 0 Å². The van der Waals surface area contributed by atoms with E-state index in [0.717, 1.165) is 72.2 Å². The number of likely N-dealkylation sites (tertiary alicyclic amines) is 1. The predicted octanol–water partition coefficient (Wildman–Crippen LogP) is 3.27. The largest absolute Gasteiger partial charge is 0.497 e. The van der Waals surface area contributed by atoms with E-state index in [2.05, 4.69) is 75.2 Å². The number of piperazine rings is 1. The maximum absolute atomic E-state index is 5.64. The fourth-order valence-corrected chi connectivity index (χ4v) is 5.32. The highest BCUT2D eigenvalue weighted by Gasteiger charge is 2.24. The molecule has 0 spiro atoms. The van der Waals surface area contributed by atoms with E-state index >= 15 is 0 Å². The van der Waals surface area contributed by atoms with Gasteiger partial charge in [0.25, 0.3) is 0 Å². The van der Waals surface area contributed by atoms with Crippen LogP contribution in [0.25, 0.3) is 11.0 Å². The highest BCUT2D eigenvalue weighted by Crippen LogP contribution is 2.34. The lowest BCUT2D eigenvalue weighted by molar-refractivity contribution is 0.352. The van der Waals surface area contributed by atoms with Crippen LogP contribution in [0.4, 0.5) is 17.2 Å². The van der Waals surface area contributed by atoms with Crippen molar-refractivity contribution in [3.8, 4) is 5.75 Å². The molecule has 2 aliphatic rings. The Bertz CT molecular complexity index is 1110. The van der Waals surface area contributed by atoms with Crippen molar-refractivity contribution >= 4 is 44.2 Å². The second-order valence-corrected chi connectivity index (χ2v) is 9.46. The summed E-state index contributed by atoms with van der Waals surface area (Å²) < 4.78 is 6.40. The third-order valence-electron chi connectivity index (χ3n) is 6.75. The summed E-state index contributed by atoms with van der Waals surface area (Å²) >= 11 is 3.52. The van der Waals surface area contributed by atoms with Crippen molar-refractivity contribution < 1.29 is 4.74 Å². The van der Waals surface area contributed by atoms with Crippen molar-refractivity contribution in [2.75, 3.05) is 74.6 Å². The molecule has 0 radical (unpaired) electrons. The van der Waals surface area contributed by atoms with Crippen LogP contribution in [0.2, 0.25) is 0 Å². The highest BCUT2D eigenvalue weighted by atomic mass is 79.9.